The maximum atomic E-state index is 12.4. The Bertz CT molecular complexity index is 723. The molecule has 1 aromatic heterocycles. The molecule has 1 aliphatic heterocycles. The first kappa shape index (κ1) is 17.0. The number of urea groups is 1. The lowest BCUT2D eigenvalue weighted by molar-refractivity contribution is 0.231. The topological polar surface area (TPSA) is 57.5 Å². The summed E-state index contributed by atoms with van der Waals surface area (Å²) >= 11 is 0. The van der Waals surface area contributed by atoms with Crippen LogP contribution in [-0.4, -0.2) is 25.2 Å². The summed E-state index contributed by atoms with van der Waals surface area (Å²) in [5.74, 6) is 0.889. The fourth-order valence-electron chi connectivity index (χ4n) is 4.21. The Balaban J connectivity index is 1.43. The van der Waals surface area contributed by atoms with Gasteiger partial charge in [-0.3, -0.25) is 0 Å². The molecule has 26 heavy (non-hydrogen) atoms. The second-order valence-electron chi connectivity index (χ2n) is 7.29. The summed E-state index contributed by atoms with van der Waals surface area (Å²) in [6.07, 6.45) is 8.63. The number of anilines is 1. The largest absolute Gasteiger partial charge is 0.467 e. The quantitative estimate of drug-likeness (QED) is 0.854. The highest BCUT2D eigenvalue weighted by Gasteiger charge is 2.29. The van der Waals surface area contributed by atoms with E-state index < -0.39 is 0 Å². The van der Waals surface area contributed by atoms with E-state index in [9.17, 15) is 4.79 Å². The highest BCUT2D eigenvalue weighted by atomic mass is 16.3. The third-order valence-corrected chi connectivity index (χ3v) is 5.57. The Morgan fingerprint density at radius 2 is 2.00 bits per heavy atom. The highest BCUT2D eigenvalue weighted by Crippen LogP contribution is 2.34. The van der Waals surface area contributed by atoms with Crippen LogP contribution in [0.25, 0.3) is 0 Å². The first-order valence-corrected chi connectivity index (χ1v) is 9.73. The SMILES string of the molecule is O=C(NC[C@H](c1ccco1)N1CCc2ccccc21)NC1CCCCC1. The molecular weight excluding hydrogens is 326 g/mol. The van der Waals surface area contributed by atoms with Gasteiger partial charge in [0.05, 0.1) is 6.26 Å². The van der Waals surface area contributed by atoms with Crippen molar-refractivity contribution < 1.29 is 9.21 Å². The fourth-order valence-corrected chi connectivity index (χ4v) is 4.21. The summed E-state index contributed by atoms with van der Waals surface area (Å²) in [6, 6.07) is 12.6. The minimum Gasteiger partial charge on any atom is -0.467 e. The molecule has 2 aliphatic rings. The van der Waals surface area contributed by atoms with Gasteiger partial charge >= 0.3 is 6.03 Å². The van der Waals surface area contributed by atoms with Gasteiger partial charge in [-0.1, -0.05) is 37.5 Å². The van der Waals surface area contributed by atoms with Crippen LogP contribution in [0, 0.1) is 0 Å². The van der Waals surface area contributed by atoms with E-state index in [0.717, 1.165) is 31.6 Å². The third-order valence-electron chi connectivity index (χ3n) is 5.57. The standard InChI is InChI=1S/C21H27N3O2/c25-21(23-17-8-2-1-3-9-17)22-15-19(20-11-6-14-26-20)24-13-12-16-7-4-5-10-18(16)24/h4-7,10-11,14,17,19H,1-3,8-9,12-13,15H2,(H2,22,23,25)/t19-/m1/s1. The number of carbonyl (C=O) groups is 1. The van der Waals surface area contributed by atoms with Gasteiger partial charge in [0.1, 0.15) is 11.8 Å². The third kappa shape index (κ3) is 3.71. The van der Waals surface area contributed by atoms with Crippen molar-refractivity contribution in [1.29, 1.82) is 0 Å². The van der Waals surface area contributed by atoms with Crippen LogP contribution in [0.4, 0.5) is 10.5 Å². The van der Waals surface area contributed by atoms with Crippen molar-refractivity contribution in [3.63, 3.8) is 0 Å². The van der Waals surface area contributed by atoms with Crippen molar-refractivity contribution in [3.05, 3.63) is 54.0 Å². The van der Waals surface area contributed by atoms with Crippen molar-refractivity contribution in [1.82, 2.24) is 10.6 Å². The van der Waals surface area contributed by atoms with Crippen LogP contribution in [0.1, 0.15) is 49.5 Å². The molecule has 0 unspecified atom stereocenters. The Hall–Kier alpha value is -2.43. The predicted octanol–water partition coefficient (Wildman–Crippen LogP) is 4.02. The molecular formula is C21H27N3O2. The number of nitrogens with zero attached hydrogens (tertiary/aromatic N) is 1. The van der Waals surface area contributed by atoms with Crippen molar-refractivity contribution in [3.8, 4) is 0 Å². The normalized spacial score (nSPS) is 18.4. The molecule has 4 rings (SSSR count). The van der Waals surface area contributed by atoms with E-state index in [0.29, 0.717) is 12.6 Å². The minimum atomic E-state index is -0.0686. The molecule has 0 bridgehead atoms. The molecule has 0 radical (unpaired) electrons. The molecule has 1 aromatic carbocycles. The Kier molecular flexibility index (Phi) is 5.14. The Morgan fingerprint density at radius 3 is 2.81 bits per heavy atom. The van der Waals surface area contributed by atoms with Gasteiger partial charge in [0, 0.05) is 24.8 Å². The van der Waals surface area contributed by atoms with E-state index in [-0.39, 0.29) is 12.1 Å². The van der Waals surface area contributed by atoms with Gasteiger partial charge in [0.15, 0.2) is 0 Å². The summed E-state index contributed by atoms with van der Waals surface area (Å²) in [6.45, 7) is 1.47. The first-order chi connectivity index (χ1) is 12.8. The maximum absolute atomic E-state index is 12.4. The van der Waals surface area contributed by atoms with E-state index in [4.69, 9.17) is 4.42 Å². The van der Waals surface area contributed by atoms with Gasteiger partial charge in [0.25, 0.3) is 0 Å². The number of furan rings is 1. The average molecular weight is 353 g/mol. The number of carbonyl (C=O) groups excluding carboxylic acids is 1. The van der Waals surface area contributed by atoms with Gasteiger partial charge in [0.2, 0.25) is 0 Å². The van der Waals surface area contributed by atoms with Crippen molar-refractivity contribution in [2.45, 2.75) is 50.6 Å². The zero-order valence-electron chi connectivity index (χ0n) is 15.1. The molecule has 1 atom stereocenters. The summed E-state index contributed by atoms with van der Waals surface area (Å²) in [7, 11) is 0. The molecule has 0 saturated heterocycles. The van der Waals surface area contributed by atoms with Gasteiger partial charge in [-0.25, -0.2) is 4.79 Å². The van der Waals surface area contributed by atoms with Gasteiger partial charge in [-0.15, -0.1) is 0 Å². The summed E-state index contributed by atoms with van der Waals surface area (Å²) in [5.41, 5.74) is 2.60. The van der Waals surface area contributed by atoms with Crippen LogP contribution in [-0.2, 0) is 6.42 Å². The lowest BCUT2D eigenvalue weighted by atomic mass is 9.96. The van der Waals surface area contributed by atoms with E-state index in [1.165, 1.54) is 30.5 Å². The molecule has 5 nitrogen and oxygen atoms in total. The molecule has 5 heteroatoms. The van der Waals surface area contributed by atoms with Gasteiger partial charge in [-0.05, 0) is 43.0 Å². The summed E-state index contributed by atoms with van der Waals surface area (Å²) < 4.78 is 5.69. The predicted molar refractivity (Wildman–Crippen MR) is 102 cm³/mol. The Morgan fingerprint density at radius 1 is 1.15 bits per heavy atom. The van der Waals surface area contributed by atoms with Crippen LogP contribution < -0.4 is 15.5 Å². The maximum Gasteiger partial charge on any atom is 0.315 e. The van der Waals surface area contributed by atoms with Crippen LogP contribution in [0.15, 0.2) is 47.1 Å². The number of hydrogen-bond acceptors (Lipinski definition) is 3. The van der Waals surface area contributed by atoms with E-state index in [1.54, 1.807) is 6.26 Å². The molecule has 2 aromatic rings. The highest BCUT2D eigenvalue weighted by molar-refractivity contribution is 5.74. The number of rotatable bonds is 5. The average Bonchev–Trinajstić information content (AvgIpc) is 3.34. The minimum absolute atomic E-state index is 0.00533. The fraction of sp³-hybridized carbons (Fsp3) is 0.476. The zero-order valence-corrected chi connectivity index (χ0v) is 15.1. The molecule has 138 valence electrons. The van der Waals surface area contributed by atoms with E-state index in [1.807, 2.05) is 12.1 Å². The lowest BCUT2D eigenvalue weighted by Crippen LogP contribution is -2.46. The van der Waals surface area contributed by atoms with E-state index in [2.05, 4.69) is 39.8 Å². The van der Waals surface area contributed by atoms with Crippen LogP contribution in [0.3, 0.4) is 0 Å². The summed E-state index contributed by atoms with van der Waals surface area (Å²) in [5, 5.41) is 6.20. The van der Waals surface area contributed by atoms with Crippen molar-refractivity contribution in [2.24, 2.45) is 0 Å². The number of hydrogen-bond donors (Lipinski definition) is 2. The van der Waals surface area contributed by atoms with E-state index >= 15 is 0 Å². The number of para-hydroxylation sites is 1. The first-order valence-electron chi connectivity index (χ1n) is 9.73. The molecule has 2 heterocycles. The second kappa shape index (κ2) is 7.85. The van der Waals surface area contributed by atoms with Crippen molar-refractivity contribution >= 4 is 11.7 Å². The lowest BCUT2D eigenvalue weighted by Gasteiger charge is -2.30. The molecule has 1 fully saturated rings. The van der Waals surface area contributed by atoms with Crippen LogP contribution in [0.2, 0.25) is 0 Å². The number of amides is 2. The smallest absolute Gasteiger partial charge is 0.315 e. The molecule has 0 spiro atoms. The zero-order chi connectivity index (χ0) is 17.8. The van der Waals surface area contributed by atoms with Crippen molar-refractivity contribution in [2.75, 3.05) is 18.0 Å². The number of nitrogens with one attached hydrogen (secondary N) is 2. The molecule has 1 aliphatic carbocycles. The van der Waals surface area contributed by atoms with Crippen LogP contribution >= 0.6 is 0 Å². The van der Waals surface area contributed by atoms with Crippen LogP contribution in [0.5, 0.6) is 0 Å². The van der Waals surface area contributed by atoms with Gasteiger partial charge in [-0.2, -0.15) is 0 Å². The van der Waals surface area contributed by atoms with Gasteiger partial charge < -0.3 is 20.0 Å². The second-order valence-corrected chi connectivity index (χ2v) is 7.29. The summed E-state index contributed by atoms with van der Waals surface area (Å²) in [4.78, 5) is 14.7. The monoisotopic (exact) mass is 353 g/mol. The molecule has 1 saturated carbocycles. The Labute approximate surface area is 154 Å². The molecule has 2 amide bonds. The number of benzene rings is 1. The molecule has 2 N–H and O–H groups in total. The number of fused-ring (bicyclic) bond motifs is 1.